The first-order valence-electron chi connectivity index (χ1n) is 8.59. The SMILES string of the molecule is O=C(Cc1ccc(Cl)c(Cl)c1)N1CCN(c2ccc3[nH]c(=O)sc3c2)CC1. The summed E-state index contributed by atoms with van der Waals surface area (Å²) in [5.41, 5.74) is 2.81. The normalized spacial score (nSPS) is 14.7. The van der Waals surface area contributed by atoms with Gasteiger partial charge >= 0.3 is 4.87 Å². The molecule has 0 radical (unpaired) electrons. The standard InChI is InChI=1S/C19H17Cl2N3O2S/c20-14-3-1-12(9-15(14)21)10-18(25)24-7-5-23(6-8-24)13-2-4-16-17(11-13)27-19(26)22-16/h1-4,9,11H,5-8,10H2,(H,22,26). The first-order chi connectivity index (χ1) is 13.0. The molecule has 0 spiro atoms. The van der Waals surface area contributed by atoms with E-state index in [-0.39, 0.29) is 10.8 Å². The van der Waals surface area contributed by atoms with Crippen LogP contribution in [0.4, 0.5) is 5.69 Å². The molecule has 140 valence electrons. The monoisotopic (exact) mass is 421 g/mol. The molecule has 0 saturated carbocycles. The number of benzene rings is 2. The number of nitrogens with zero attached hydrogens (tertiary/aromatic N) is 2. The van der Waals surface area contributed by atoms with E-state index in [1.807, 2.05) is 29.2 Å². The number of carbonyl (C=O) groups excluding carboxylic acids is 1. The lowest BCUT2D eigenvalue weighted by Gasteiger charge is -2.36. The van der Waals surface area contributed by atoms with Crippen LogP contribution in [0.25, 0.3) is 10.2 Å². The van der Waals surface area contributed by atoms with E-state index in [0.29, 0.717) is 29.6 Å². The first kappa shape index (κ1) is 18.3. The lowest BCUT2D eigenvalue weighted by molar-refractivity contribution is -0.130. The van der Waals surface area contributed by atoms with Gasteiger partial charge < -0.3 is 14.8 Å². The average molecular weight is 422 g/mol. The molecule has 0 aliphatic carbocycles. The van der Waals surface area contributed by atoms with Crippen molar-refractivity contribution >= 4 is 56.3 Å². The van der Waals surface area contributed by atoms with Crippen molar-refractivity contribution in [2.24, 2.45) is 0 Å². The summed E-state index contributed by atoms with van der Waals surface area (Å²) in [4.78, 5) is 30.9. The Bertz CT molecular complexity index is 1050. The van der Waals surface area contributed by atoms with Crippen molar-refractivity contribution < 1.29 is 4.79 Å². The predicted molar refractivity (Wildman–Crippen MR) is 111 cm³/mol. The summed E-state index contributed by atoms with van der Waals surface area (Å²) < 4.78 is 0.954. The van der Waals surface area contributed by atoms with Gasteiger partial charge in [-0.3, -0.25) is 9.59 Å². The fraction of sp³-hybridized carbons (Fsp3) is 0.263. The van der Waals surface area contributed by atoms with Gasteiger partial charge in [-0.25, -0.2) is 0 Å². The quantitative estimate of drug-likeness (QED) is 0.699. The van der Waals surface area contributed by atoms with Gasteiger partial charge in [0.1, 0.15) is 0 Å². The molecular formula is C19H17Cl2N3O2S. The van der Waals surface area contributed by atoms with Gasteiger partial charge in [-0.1, -0.05) is 40.6 Å². The molecule has 1 aliphatic heterocycles. The van der Waals surface area contributed by atoms with Crippen molar-refractivity contribution in [3.63, 3.8) is 0 Å². The predicted octanol–water partition coefficient (Wildman–Crippen LogP) is 3.79. The van der Waals surface area contributed by atoms with E-state index in [2.05, 4.69) is 9.88 Å². The molecule has 0 bridgehead atoms. The zero-order valence-electron chi connectivity index (χ0n) is 14.4. The second-order valence-electron chi connectivity index (χ2n) is 6.49. The Morgan fingerprint density at radius 2 is 1.81 bits per heavy atom. The molecule has 1 N–H and O–H groups in total. The van der Waals surface area contributed by atoms with Crippen molar-refractivity contribution in [3.8, 4) is 0 Å². The van der Waals surface area contributed by atoms with Gasteiger partial charge in [0.15, 0.2) is 0 Å². The number of H-pyrrole nitrogens is 1. The molecule has 1 aliphatic rings. The highest BCUT2D eigenvalue weighted by Gasteiger charge is 2.22. The molecule has 1 fully saturated rings. The fourth-order valence-electron chi connectivity index (χ4n) is 3.28. The van der Waals surface area contributed by atoms with E-state index in [1.165, 1.54) is 11.3 Å². The summed E-state index contributed by atoms with van der Waals surface area (Å²) in [6.07, 6.45) is 0.320. The summed E-state index contributed by atoms with van der Waals surface area (Å²) in [7, 11) is 0. The molecule has 3 aromatic rings. The molecule has 1 amide bonds. The molecule has 1 aromatic heterocycles. The zero-order valence-corrected chi connectivity index (χ0v) is 16.7. The number of aromatic amines is 1. The van der Waals surface area contributed by atoms with Crippen molar-refractivity contribution in [2.45, 2.75) is 6.42 Å². The highest BCUT2D eigenvalue weighted by atomic mass is 35.5. The molecule has 2 aromatic carbocycles. The third kappa shape index (κ3) is 3.98. The van der Waals surface area contributed by atoms with Gasteiger partial charge in [-0.2, -0.15) is 0 Å². The number of amides is 1. The zero-order chi connectivity index (χ0) is 19.0. The maximum Gasteiger partial charge on any atom is 0.305 e. The van der Waals surface area contributed by atoms with Crippen LogP contribution in [0.1, 0.15) is 5.56 Å². The van der Waals surface area contributed by atoms with E-state index in [1.54, 1.807) is 12.1 Å². The fourth-order valence-corrected chi connectivity index (χ4v) is 4.37. The highest BCUT2D eigenvalue weighted by molar-refractivity contribution is 7.16. The Labute approximate surface area is 170 Å². The van der Waals surface area contributed by atoms with E-state index in [0.717, 1.165) is 34.6 Å². The molecule has 4 rings (SSSR count). The van der Waals surface area contributed by atoms with E-state index in [9.17, 15) is 9.59 Å². The Balaban J connectivity index is 1.39. The maximum absolute atomic E-state index is 12.6. The largest absolute Gasteiger partial charge is 0.368 e. The van der Waals surface area contributed by atoms with Crippen LogP contribution in [0.3, 0.4) is 0 Å². The van der Waals surface area contributed by atoms with Crippen LogP contribution >= 0.6 is 34.5 Å². The molecule has 0 atom stereocenters. The number of thiazole rings is 1. The van der Waals surface area contributed by atoms with E-state index in [4.69, 9.17) is 23.2 Å². The lowest BCUT2D eigenvalue weighted by atomic mass is 10.1. The van der Waals surface area contributed by atoms with Crippen LogP contribution in [0.2, 0.25) is 10.0 Å². The van der Waals surface area contributed by atoms with Crippen molar-refractivity contribution in [3.05, 3.63) is 61.7 Å². The first-order valence-corrected chi connectivity index (χ1v) is 10.2. The van der Waals surface area contributed by atoms with Gasteiger partial charge in [0.05, 0.1) is 26.7 Å². The van der Waals surface area contributed by atoms with Crippen LogP contribution in [0.15, 0.2) is 41.2 Å². The van der Waals surface area contributed by atoms with Gasteiger partial charge in [-0.05, 0) is 35.9 Å². The number of rotatable bonds is 3. The Morgan fingerprint density at radius 1 is 1.04 bits per heavy atom. The minimum Gasteiger partial charge on any atom is -0.368 e. The maximum atomic E-state index is 12.6. The second-order valence-corrected chi connectivity index (χ2v) is 8.32. The van der Waals surface area contributed by atoms with Gasteiger partial charge in [0.2, 0.25) is 5.91 Å². The number of carbonyl (C=O) groups is 1. The number of hydrogen-bond acceptors (Lipinski definition) is 4. The lowest BCUT2D eigenvalue weighted by Crippen LogP contribution is -2.49. The highest BCUT2D eigenvalue weighted by Crippen LogP contribution is 2.25. The molecule has 5 nitrogen and oxygen atoms in total. The number of nitrogens with one attached hydrogen (secondary N) is 1. The summed E-state index contributed by atoms with van der Waals surface area (Å²) >= 11 is 13.2. The van der Waals surface area contributed by atoms with Crippen LogP contribution in [-0.4, -0.2) is 42.0 Å². The summed E-state index contributed by atoms with van der Waals surface area (Å²) in [5.74, 6) is 0.0901. The molecule has 2 heterocycles. The van der Waals surface area contributed by atoms with E-state index < -0.39 is 0 Å². The molecular weight excluding hydrogens is 405 g/mol. The molecule has 0 unspecified atom stereocenters. The number of hydrogen-bond donors (Lipinski definition) is 1. The molecule has 8 heteroatoms. The van der Waals surface area contributed by atoms with Gasteiger partial charge in [0.25, 0.3) is 0 Å². The minimum atomic E-state index is -0.0418. The Hall–Kier alpha value is -2.02. The third-order valence-corrected chi connectivity index (χ3v) is 6.33. The van der Waals surface area contributed by atoms with Crippen molar-refractivity contribution in [1.29, 1.82) is 0 Å². The third-order valence-electron chi connectivity index (χ3n) is 4.74. The van der Waals surface area contributed by atoms with E-state index >= 15 is 0 Å². The molecule has 27 heavy (non-hydrogen) atoms. The summed E-state index contributed by atoms with van der Waals surface area (Å²) in [6.45, 7) is 2.86. The average Bonchev–Trinajstić information content (AvgIpc) is 3.04. The number of anilines is 1. The number of fused-ring (bicyclic) bond motifs is 1. The topological polar surface area (TPSA) is 56.4 Å². The Morgan fingerprint density at radius 3 is 2.56 bits per heavy atom. The minimum absolute atomic E-state index is 0.0418. The smallest absolute Gasteiger partial charge is 0.305 e. The second kappa shape index (κ2) is 7.54. The van der Waals surface area contributed by atoms with Crippen LogP contribution in [-0.2, 0) is 11.2 Å². The molecule has 1 saturated heterocycles. The number of piperazine rings is 1. The number of aromatic nitrogens is 1. The van der Waals surface area contributed by atoms with Gasteiger partial charge in [0, 0.05) is 31.9 Å². The summed E-state index contributed by atoms with van der Waals surface area (Å²) in [6, 6.07) is 11.3. The van der Waals surface area contributed by atoms with Gasteiger partial charge in [-0.15, -0.1) is 0 Å². The number of halogens is 2. The van der Waals surface area contributed by atoms with Crippen molar-refractivity contribution in [2.75, 3.05) is 31.1 Å². The Kier molecular flexibility index (Phi) is 5.12. The van der Waals surface area contributed by atoms with Crippen LogP contribution in [0, 0.1) is 0 Å². The summed E-state index contributed by atoms with van der Waals surface area (Å²) in [5, 5.41) is 0.958. The van der Waals surface area contributed by atoms with Crippen LogP contribution in [0.5, 0.6) is 0 Å². The van der Waals surface area contributed by atoms with Crippen LogP contribution < -0.4 is 9.77 Å². The van der Waals surface area contributed by atoms with Crippen molar-refractivity contribution in [1.82, 2.24) is 9.88 Å².